The van der Waals surface area contributed by atoms with Gasteiger partial charge in [-0.2, -0.15) is 16.9 Å². The van der Waals surface area contributed by atoms with Crippen LogP contribution in [0, 0.1) is 0 Å². The van der Waals surface area contributed by atoms with Crippen molar-refractivity contribution in [2.75, 3.05) is 24.9 Å². The molecular weight excluding hydrogens is 356 g/mol. The number of unbranched alkanes of at least 4 members (excludes halogenated alkanes) is 1. The highest BCUT2D eigenvalue weighted by Crippen LogP contribution is 2.30. The minimum Gasteiger partial charge on any atom is -0.491 e. The van der Waals surface area contributed by atoms with Crippen LogP contribution in [-0.4, -0.2) is 49.2 Å². The molecule has 1 atom stereocenters. The van der Waals surface area contributed by atoms with E-state index < -0.39 is 10.8 Å². The first-order valence-corrected chi connectivity index (χ1v) is 10.9. The van der Waals surface area contributed by atoms with E-state index in [0.717, 1.165) is 35.2 Å². The number of H-pyrrole nitrogens is 1. The van der Waals surface area contributed by atoms with Gasteiger partial charge in [0.25, 0.3) is 0 Å². The molecule has 3 rings (SSSR count). The Bertz CT molecular complexity index is 882. The first-order chi connectivity index (χ1) is 12.2. The second kappa shape index (κ2) is 8.44. The molecule has 1 N–H and O–H groups in total. The average Bonchev–Trinajstić information content (AvgIpc) is 3.06. The van der Waals surface area contributed by atoms with E-state index in [1.165, 1.54) is 0 Å². The highest BCUT2D eigenvalue weighted by atomic mass is 32.2. The molecular formula is C17H20N4O2S2. The molecule has 25 heavy (non-hydrogen) atoms. The van der Waals surface area contributed by atoms with Gasteiger partial charge in [0.2, 0.25) is 5.16 Å². The van der Waals surface area contributed by atoms with Gasteiger partial charge in [-0.05, 0) is 37.0 Å². The SMILES string of the molecule is CSCCCCOc1cccc2c(-c3ccnc(S(C)=O)n3)n[nH]c12. The van der Waals surface area contributed by atoms with Crippen molar-refractivity contribution < 1.29 is 8.95 Å². The van der Waals surface area contributed by atoms with Crippen molar-refractivity contribution >= 4 is 33.5 Å². The number of aromatic nitrogens is 4. The Morgan fingerprint density at radius 2 is 2.16 bits per heavy atom. The standard InChI is InChI=1S/C17H20N4O2S2/c1-24-11-4-3-10-23-14-7-5-6-12-15(20-21-16(12)14)13-8-9-18-17(19-13)25(2)22/h5-9H,3-4,10-11H2,1-2H3,(H,20,21). The molecule has 0 amide bonds. The zero-order valence-corrected chi connectivity index (χ0v) is 15.8. The normalized spacial score (nSPS) is 12.4. The van der Waals surface area contributed by atoms with E-state index in [0.29, 0.717) is 23.2 Å². The number of para-hydroxylation sites is 1. The maximum absolute atomic E-state index is 11.6. The van der Waals surface area contributed by atoms with E-state index in [-0.39, 0.29) is 0 Å². The van der Waals surface area contributed by atoms with Gasteiger partial charge in [-0.15, -0.1) is 0 Å². The molecule has 0 radical (unpaired) electrons. The minimum atomic E-state index is -1.23. The first kappa shape index (κ1) is 17.9. The van der Waals surface area contributed by atoms with Crippen molar-refractivity contribution in [3.05, 3.63) is 30.5 Å². The number of thioether (sulfide) groups is 1. The molecule has 2 heterocycles. The first-order valence-electron chi connectivity index (χ1n) is 7.96. The van der Waals surface area contributed by atoms with Gasteiger partial charge >= 0.3 is 0 Å². The van der Waals surface area contributed by atoms with Gasteiger partial charge in [0.05, 0.1) is 23.1 Å². The lowest BCUT2D eigenvalue weighted by molar-refractivity contribution is 0.313. The lowest BCUT2D eigenvalue weighted by atomic mass is 10.1. The van der Waals surface area contributed by atoms with Crippen LogP contribution in [0.1, 0.15) is 12.8 Å². The molecule has 0 aliphatic heterocycles. The molecule has 1 unspecified atom stereocenters. The average molecular weight is 377 g/mol. The van der Waals surface area contributed by atoms with Crippen molar-refractivity contribution in [3.63, 3.8) is 0 Å². The molecule has 2 aromatic heterocycles. The van der Waals surface area contributed by atoms with Crippen LogP contribution < -0.4 is 4.74 Å². The number of nitrogens with zero attached hydrogens (tertiary/aromatic N) is 3. The largest absolute Gasteiger partial charge is 0.491 e. The fourth-order valence-electron chi connectivity index (χ4n) is 2.47. The summed E-state index contributed by atoms with van der Waals surface area (Å²) < 4.78 is 17.5. The van der Waals surface area contributed by atoms with Crippen LogP contribution >= 0.6 is 11.8 Å². The second-order valence-electron chi connectivity index (χ2n) is 5.48. The fraction of sp³-hybridized carbons (Fsp3) is 0.353. The van der Waals surface area contributed by atoms with Gasteiger partial charge in [0, 0.05) is 17.8 Å². The molecule has 132 valence electrons. The van der Waals surface area contributed by atoms with E-state index in [1.807, 2.05) is 30.0 Å². The van der Waals surface area contributed by atoms with Crippen LogP contribution in [0.4, 0.5) is 0 Å². The molecule has 3 aromatic rings. The summed E-state index contributed by atoms with van der Waals surface area (Å²) in [6.07, 6.45) is 7.44. The Balaban J connectivity index is 1.86. The Morgan fingerprint density at radius 1 is 1.28 bits per heavy atom. The molecule has 0 aliphatic rings. The quantitative estimate of drug-likeness (QED) is 0.480. The van der Waals surface area contributed by atoms with E-state index in [2.05, 4.69) is 26.4 Å². The van der Waals surface area contributed by atoms with Crippen molar-refractivity contribution in [2.24, 2.45) is 0 Å². The molecule has 0 saturated heterocycles. The number of hydrogen-bond donors (Lipinski definition) is 1. The molecule has 0 spiro atoms. The van der Waals surface area contributed by atoms with Gasteiger partial charge in [0.1, 0.15) is 17.0 Å². The maximum Gasteiger partial charge on any atom is 0.218 e. The number of ether oxygens (including phenoxy) is 1. The summed E-state index contributed by atoms with van der Waals surface area (Å²) in [6.45, 7) is 0.681. The Labute approximate surface area is 153 Å². The van der Waals surface area contributed by atoms with Crippen molar-refractivity contribution in [1.29, 1.82) is 0 Å². The van der Waals surface area contributed by atoms with Crippen LogP contribution in [0.15, 0.2) is 35.6 Å². The number of rotatable bonds is 8. The molecule has 0 aliphatic carbocycles. The van der Waals surface area contributed by atoms with Crippen LogP contribution in [-0.2, 0) is 10.8 Å². The molecule has 0 bridgehead atoms. The molecule has 0 fully saturated rings. The summed E-state index contributed by atoms with van der Waals surface area (Å²) in [5.74, 6) is 1.94. The van der Waals surface area contributed by atoms with Crippen molar-refractivity contribution in [2.45, 2.75) is 18.0 Å². The van der Waals surface area contributed by atoms with E-state index in [1.54, 1.807) is 18.5 Å². The van der Waals surface area contributed by atoms with Gasteiger partial charge in [-0.3, -0.25) is 9.31 Å². The van der Waals surface area contributed by atoms with Crippen LogP contribution in [0.25, 0.3) is 22.3 Å². The summed E-state index contributed by atoms with van der Waals surface area (Å²) >= 11 is 1.85. The summed E-state index contributed by atoms with van der Waals surface area (Å²) in [7, 11) is -1.23. The summed E-state index contributed by atoms with van der Waals surface area (Å²) in [5, 5.41) is 8.65. The van der Waals surface area contributed by atoms with Gasteiger partial charge in [-0.1, -0.05) is 12.1 Å². The van der Waals surface area contributed by atoms with Gasteiger partial charge < -0.3 is 4.74 Å². The zero-order valence-electron chi connectivity index (χ0n) is 14.2. The number of hydrogen-bond acceptors (Lipinski definition) is 6. The smallest absolute Gasteiger partial charge is 0.218 e. The van der Waals surface area contributed by atoms with Gasteiger partial charge in [0.15, 0.2) is 0 Å². The Hall–Kier alpha value is -1.93. The summed E-state index contributed by atoms with van der Waals surface area (Å²) in [4.78, 5) is 8.39. The van der Waals surface area contributed by atoms with E-state index >= 15 is 0 Å². The zero-order chi connectivity index (χ0) is 17.6. The van der Waals surface area contributed by atoms with Crippen molar-refractivity contribution in [3.8, 4) is 17.1 Å². The van der Waals surface area contributed by atoms with Crippen LogP contribution in [0.5, 0.6) is 5.75 Å². The molecule has 0 saturated carbocycles. The van der Waals surface area contributed by atoms with Crippen molar-refractivity contribution in [1.82, 2.24) is 20.2 Å². The third kappa shape index (κ3) is 4.19. The predicted octanol–water partition coefficient (Wildman–Crippen LogP) is 3.28. The number of aromatic amines is 1. The minimum absolute atomic E-state index is 0.301. The number of fused-ring (bicyclic) bond motifs is 1. The third-order valence-electron chi connectivity index (χ3n) is 3.69. The topological polar surface area (TPSA) is 80.8 Å². The maximum atomic E-state index is 11.6. The second-order valence-corrected chi connectivity index (χ2v) is 7.74. The van der Waals surface area contributed by atoms with Gasteiger partial charge in [-0.25, -0.2) is 9.97 Å². The Morgan fingerprint density at radius 3 is 2.96 bits per heavy atom. The number of benzene rings is 1. The monoisotopic (exact) mass is 376 g/mol. The van der Waals surface area contributed by atoms with E-state index in [4.69, 9.17) is 4.74 Å². The molecule has 1 aromatic carbocycles. The lowest BCUT2D eigenvalue weighted by Crippen LogP contribution is -1.98. The molecule has 6 nitrogen and oxygen atoms in total. The third-order valence-corrected chi connectivity index (χ3v) is 5.10. The van der Waals surface area contributed by atoms with Crippen LogP contribution in [0.3, 0.4) is 0 Å². The highest BCUT2D eigenvalue weighted by molar-refractivity contribution is 7.98. The Kier molecular flexibility index (Phi) is 6.04. The van der Waals surface area contributed by atoms with E-state index in [9.17, 15) is 4.21 Å². The summed E-state index contributed by atoms with van der Waals surface area (Å²) in [6, 6.07) is 7.62. The summed E-state index contributed by atoms with van der Waals surface area (Å²) in [5.41, 5.74) is 2.20. The lowest BCUT2D eigenvalue weighted by Gasteiger charge is -2.06. The molecule has 8 heteroatoms. The fourth-order valence-corrected chi connectivity index (χ4v) is 3.40. The van der Waals surface area contributed by atoms with Crippen LogP contribution in [0.2, 0.25) is 0 Å². The predicted molar refractivity (Wildman–Crippen MR) is 103 cm³/mol. The highest BCUT2D eigenvalue weighted by Gasteiger charge is 2.14. The number of nitrogens with one attached hydrogen (secondary N) is 1.